The van der Waals surface area contributed by atoms with Crippen LogP contribution >= 0.6 is 0 Å². The Morgan fingerprint density at radius 1 is 1.03 bits per heavy atom. The second-order valence-corrected chi connectivity index (χ2v) is 7.29. The van der Waals surface area contributed by atoms with Crippen molar-refractivity contribution < 1.29 is 14.3 Å². The molecule has 0 N–H and O–H groups in total. The minimum absolute atomic E-state index is 0.0435. The highest BCUT2D eigenvalue weighted by atomic mass is 16.5. The van der Waals surface area contributed by atoms with Crippen LogP contribution in [0.4, 0.5) is 0 Å². The molecule has 2 aromatic carbocycles. The molecule has 0 bridgehead atoms. The third kappa shape index (κ3) is 5.20. The molecule has 0 spiro atoms. The molecular weight excluding hydrogens is 380 g/mol. The largest absolute Gasteiger partial charge is 0.457 e. The predicted molar refractivity (Wildman–Crippen MR) is 116 cm³/mol. The number of nitrogens with zero attached hydrogens (tertiary/aromatic N) is 2. The SMILES string of the molecule is CCCCc1ccc(C(=O)COC(=O)CCc2nc3ccccc3c(=O)n2C)cc1. The van der Waals surface area contributed by atoms with Crippen molar-refractivity contribution in [2.45, 2.75) is 39.0 Å². The molecule has 6 nitrogen and oxygen atoms in total. The third-order valence-corrected chi connectivity index (χ3v) is 5.09. The molecule has 0 aliphatic heterocycles. The van der Waals surface area contributed by atoms with Gasteiger partial charge in [0.1, 0.15) is 5.82 Å². The number of ether oxygens (including phenoxy) is 1. The van der Waals surface area contributed by atoms with Crippen LogP contribution in [-0.4, -0.2) is 27.9 Å². The van der Waals surface area contributed by atoms with Crippen molar-refractivity contribution in [2.75, 3.05) is 6.61 Å². The first-order valence-corrected chi connectivity index (χ1v) is 10.2. The first-order chi connectivity index (χ1) is 14.5. The monoisotopic (exact) mass is 406 g/mol. The molecule has 0 atom stereocenters. The van der Waals surface area contributed by atoms with Gasteiger partial charge in [-0.1, -0.05) is 49.7 Å². The van der Waals surface area contributed by atoms with Crippen LogP contribution in [0.3, 0.4) is 0 Å². The Kier molecular flexibility index (Phi) is 7.12. The minimum Gasteiger partial charge on any atom is -0.457 e. The maximum absolute atomic E-state index is 12.4. The number of aromatic nitrogens is 2. The van der Waals surface area contributed by atoms with E-state index in [1.54, 1.807) is 37.4 Å². The van der Waals surface area contributed by atoms with Crippen molar-refractivity contribution >= 4 is 22.7 Å². The van der Waals surface area contributed by atoms with Gasteiger partial charge in [-0.2, -0.15) is 0 Å². The fraction of sp³-hybridized carbons (Fsp3) is 0.333. The van der Waals surface area contributed by atoms with Crippen molar-refractivity contribution in [3.63, 3.8) is 0 Å². The van der Waals surface area contributed by atoms with E-state index in [1.165, 1.54) is 10.1 Å². The number of para-hydroxylation sites is 1. The van der Waals surface area contributed by atoms with Crippen LogP contribution in [0.25, 0.3) is 10.9 Å². The number of benzene rings is 2. The predicted octanol–water partition coefficient (Wildman–Crippen LogP) is 3.63. The highest BCUT2D eigenvalue weighted by Gasteiger charge is 2.13. The molecule has 0 unspecified atom stereocenters. The Labute approximate surface area is 175 Å². The van der Waals surface area contributed by atoms with Crippen molar-refractivity contribution in [3.05, 3.63) is 75.8 Å². The van der Waals surface area contributed by atoms with E-state index in [0.717, 1.165) is 19.3 Å². The van der Waals surface area contributed by atoms with E-state index >= 15 is 0 Å². The molecule has 0 aliphatic rings. The van der Waals surface area contributed by atoms with Crippen LogP contribution < -0.4 is 5.56 Å². The van der Waals surface area contributed by atoms with Gasteiger partial charge in [-0.3, -0.25) is 19.0 Å². The van der Waals surface area contributed by atoms with Crippen LogP contribution in [0.2, 0.25) is 0 Å². The minimum atomic E-state index is -0.495. The van der Waals surface area contributed by atoms with E-state index in [1.807, 2.05) is 18.2 Å². The second kappa shape index (κ2) is 9.96. The lowest BCUT2D eigenvalue weighted by atomic mass is 10.0. The van der Waals surface area contributed by atoms with Gasteiger partial charge in [-0.05, 0) is 30.5 Å². The van der Waals surface area contributed by atoms with Gasteiger partial charge in [0.15, 0.2) is 12.4 Å². The van der Waals surface area contributed by atoms with Gasteiger partial charge in [0.2, 0.25) is 0 Å². The van der Waals surface area contributed by atoms with Gasteiger partial charge < -0.3 is 4.74 Å². The summed E-state index contributed by atoms with van der Waals surface area (Å²) in [5.41, 5.74) is 2.17. The van der Waals surface area contributed by atoms with E-state index in [4.69, 9.17) is 4.74 Å². The van der Waals surface area contributed by atoms with Gasteiger partial charge in [-0.25, -0.2) is 4.98 Å². The zero-order valence-electron chi connectivity index (χ0n) is 17.4. The van der Waals surface area contributed by atoms with Crippen molar-refractivity contribution in [3.8, 4) is 0 Å². The molecule has 0 aliphatic carbocycles. The molecule has 0 saturated carbocycles. The Morgan fingerprint density at radius 2 is 1.77 bits per heavy atom. The third-order valence-electron chi connectivity index (χ3n) is 5.09. The number of ketones is 1. The number of hydrogen-bond acceptors (Lipinski definition) is 5. The fourth-order valence-electron chi connectivity index (χ4n) is 3.24. The zero-order valence-corrected chi connectivity index (χ0v) is 17.4. The van der Waals surface area contributed by atoms with E-state index in [0.29, 0.717) is 22.3 Å². The molecule has 0 radical (unpaired) electrons. The molecule has 30 heavy (non-hydrogen) atoms. The first-order valence-electron chi connectivity index (χ1n) is 10.2. The van der Waals surface area contributed by atoms with Crippen molar-refractivity contribution in [2.24, 2.45) is 7.05 Å². The number of esters is 1. The van der Waals surface area contributed by atoms with Gasteiger partial charge in [0, 0.05) is 19.0 Å². The molecule has 0 amide bonds. The molecule has 6 heteroatoms. The smallest absolute Gasteiger partial charge is 0.306 e. The highest BCUT2D eigenvalue weighted by Crippen LogP contribution is 2.10. The van der Waals surface area contributed by atoms with E-state index in [-0.39, 0.29) is 30.8 Å². The van der Waals surface area contributed by atoms with Gasteiger partial charge >= 0.3 is 5.97 Å². The number of rotatable bonds is 9. The molecule has 3 aromatic rings. The summed E-state index contributed by atoms with van der Waals surface area (Å²) in [4.78, 5) is 41.2. The molecule has 3 rings (SSSR count). The Bertz CT molecular complexity index is 1100. The van der Waals surface area contributed by atoms with Crippen molar-refractivity contribution in [1.29, 1.82) is 0 Å². The highest BCUT2D eigenvalue weighted by molar-refractivity contribution is 5.97. The number of aryl methyl sites for hydroxylation is 2. The molecule has 156 valence electrons. The molecule has 1 aromatic heterocycles. The average molecular weight is 406 g/mol. The fourth-order valence-corrected chi connectivity index (χ4v) is 3.24. The molecule has 0 saturated heterocycles. The summed E-state index contributed by atoms with van der Waals surface area (Å²) >= 11 is 0. The number of Topliss-reactive ketones (excluding diaryl/α,β-unsaturated/α-hetero) is 1. The van der Waals surface area contributed by atoms with Crippen LogP contribution in [0.5, 0.6) is 0 Å². The lowest BCUT2D eigenvalue weighted by Gasteiger charge is -2.09. The topological polar surface area (TPSA) is 78.3 Å². The standard InChI is InChI=1S/C24H26N2O4/c1-3-4-7-17-10-12-18(13-11-17)21(27)16-30-23(28)15-14-22-25-20-9-6-5-8-19(20)24(29)26(22)2/h5-6,8-13H,3-4,7,14-16H2,1-2H3. The first kappa shape index (κ1) is 21.4. The quantitative estimate of drug-likeness (QED) is 0.400. The maximum atomic E-state index is 12.4. The number of carbonyl (C=O) groups is 2. The average Bonchev–Trinajstić information content (AvgIpc) is 2.77. The maximum Gasteiger partial charge on any atom is 0.306 e. The lowest BCUT2D eigenvalue weighted by molar-refractivity contribution is -0.142. The van der Waals surface area contributed by atoms with Crippen LogP contribution in [0.1, 0.15) is 47.9 Å². The van der Waals surface area contributed by atoms with Gasteiger partial charge in [0.25, 0.3) is 5.56 Å². The van der Waals surface area contributed by atoms with E-state index in [9.17, 15) is 14.4 Å². The lowest BCUT2D eigenvalue weighted by Crippen LogP contribution is -2.23. The Morgan fingerprint density at radius 3 is 2.50 bits per heavy atom. The summed E-state index contributed by atoms with van der Waals surface area (Å²) in [5, 5.41) is 0.539. The summed E-state index contributed by atoms with van der Waals surface area (Å²) in [5.74, 6) is -0.225. The second-order valence-electron chi connectivity index (χ2n) is 7.29. The van der Waals surface area contributed by atoms with Crippen molar-refractivity contribution in [1.82, 2.24) is 9.55 Å². The number of hydrogen-bond donors (Lipinski definition) is 0. The van der Waals surface area contributed by atoms with E-state index in [2.05, 4.69) is 11.9 Å². The summed E-state index contributed by atoms with van der Waals surface area (Å²) < 4.78 is 6.57. The molecule has 0 fully saturated rings. The summed E-state index contributed by atoms with van der Waals surface area (Å²) in [6, 6.07) is 14.5. The normalized spacial score (nSPS) is 10.9. The molecular formula is C24H26N2O4. The molecule has 1 heterocycles. The Hall–Kier alpha value is -3.28. The van der Waals surface area contributed by atoms with Gasteiger partial charge in [0.05, 0.1) is 17.3 Å². The van der Waals surface area contributed by atoms with Crippen LogP contribution in [0, 0.1) is 0 Å². The number of fused-ring (bicyclic) bond motifs is 1. The number of unbranched alkanes of at least 4 members (excludes halogenated alkanes) is 1. The van der Waals surface area contributed by atoms with Crippen LogP contribution in [0.15, 0.2) is 53.3 Å². The Balaban J connectivity index is 1.54. The number of carbonyl (C=O) groups excluding carboxylic acids is 2. The van der Waals surface area contributed by atoms with E-state index < -0.39 is 5.97 Å². The summed E-state index contributed by atoms with van der Waals surface area (Å²) in [6.07, 6.45) is 3.53. The summed E-state index contributed by atoms with van der Waals surface area (Å²) in [7, 11) is 1.64. The van der Waals surface area contributed by atoms with Gasteiger partial charge in [-0.15, -0.1) is 0 Å². The zero-order chi connectivity index (χ0) is 21.5. The van der Waals surface area contributed by atoms with Crippen LogP contribution in [-0.2, 0) is 29.4 Å². The summed E-state index contributed by atoms with van der Waals surface area (Å²) in [6.45, 7) is 1.85.